The van der Waals surface area contributed by atoms with Crippen molar-refractivity contribution in [2.24, 2.45) is 0 Å². The molecule has 1 aromatic heterocycles. The zero-order chi connectivity index (χ0) is 19.9. The van der Waals surface area contributed by atoms with E-state index in [0.29, 0.717) is 16.1 Å². The van der Waals surface area contributed by atoms with Gasteiger partial charge in [-0.3, -0.25) is 4.79 Å². The van der Waals surface area contributed by atoms with E-state index in [1.807, 2.05) is 56.3 Å². The molecule has 0 fully saturated rings. The summed E-state index contributed by atoms with van der Waals surface area (Å²) in [6.07, 6.45) is 0. The van der Waals surface area contributed by atoms with Crippen LogP contribution in [0.1, 0.15) is 30.0 Å². The molecule has 8 heteroatoms. The van der Waals surface area contributed by atoms with Gasteiger partial charge in [0, 0.05) is 5.02 Å². The molecule has 6 nitrogen and oxygen atoms in total. The van der Waals surface area contributed by atoms with Crippen molar-refractivity contribution in [3.63, 3.8) is 0 Å². The number of ether oxygens (including phenoxy) is 1. The van der Waals surface area contributed by atoms with Crippen molar-refractivity contribution in [1.82, 2.24) is 15.5 Å². The van der Waals surface area contributed by atoms with Crippen molar-refractivity contribution in [2.75, 3.05) is 5.75 Å². The molecule has 1 N–H and O–H groups in total. The van der Waals surface area contributed by atoms with Crippen molar-refractivity contribution < 1.29 is 13.9 Å². The third kappa shape index (κ3) is 6.00. The fraction of sp³-hybridized carbons (Fsp3) is 0.250. The molecule has 3 rings (SSSR count). The topological polar surface area (TPSA) is 77.2 Å². The van der Waals surface area contributed by atoms with Gasteiger partial charge in [0.05, 0.1) is 11.8 Å². The Morgan fingerprint density at radius 1 is 1.25 bits per heavy atom. The lowest BCUT2D eigenvalue weighted by Crippen LogP contribution is -2.28. The van der Waals surface area contributed by atoms with Crippen LogP contribution in [0.15, 0.2) is 58.2 Å². The van der Waals surface area contributed by atoms with E-state index in [9.17, 15) is 4.79 Å². The van der Waals surface area contributed by atoms with Crippen molar-refractivity contribution in [2.45, 2.75) is 31.7 Å². The van der Waals surface area contributed by atoms with Crippen LogP contribution in [0.3, 0.4) is 0 Å². The van der Waals surface area contributed by atoms with Crippen LogP contribution < -0.4 is 10.1 Å². The zero-order valence-electron chi connectivity index (χ0n) is 15.5. The molecule has 2 aromatic carbocycles. The monoisotopic (exact) mass is 417 g/mol. The van der Waals surface area contributed by atoms with Crippen LogP contribution in [0, 0.1) is 6.92 Å². The first-order valence-electron chi connectivity index (χ1n) is 8.69. The van der Waals surface area contributed by atoms with Crippen LogP contribution in [-0.2, 0) is 11.4 Å². The second-order valence-electron chi connectivity index (χ2n) is 6.20. The summed E-state index contributed by atoms with van der Waals surface area (Å²) in [7, 11) is 0. The van der Waals surface area contributed by atoms with Crippen LogP contribution in [0.5, 0.6) is 5.75 Å². The molecule has 0 unspecified atom stereocenters. The summed E-state index contributed by atoms with van der Waals surface area (Å²) in [5, 5.41) is 11.8. The number of aromatic nitrogens is 2. The van der Waals surface area contributed by atoms with Gasteiger partial charge in [0.15, 0.2) is 6.61 Å². The van der Waals surface area contributed by atoms with Crippen LogP contribution in [0.4, 0.5) is 0 Å². The van der Waals surface area contributed by atoms with Gasteiger partial charge in [-0.05, 0) is 49.2 Å². The maximum absolute atomic E-state index is 12.2. The molecule has 0 radical (unpaired) electrons. The quantitative estimate of drug-likeness (QED) is 0.540. The Hall–Kier alpha value is -2.51. The van der Waals surface area contributed by atoms with Crippen molar-refractivity contribution in [3.8, 4) is 5.75 Å². The first-order valence-corrected chi connectivity index (χ1v) is 10.1. The summed E-state index contributed by atoms with van der Waals surface area (Å²) in [5.41, 5.74) is 2.05. The highest BCUT2D eigenvalue weighted by Gasteiger charge is 2.13. The second kappa shape index (κ2) is 9.61. The number of hydrogen-bond acceptors (Lipinski definition) is 6. The molecule has 0 aliphatic heterocycles. The number of carbonyl (C=O) groups is 1. The molecule has 3 aromatic rings. The lowest BCUT2D eigenvalue weighted by atomic mass is 10.1. The third-order valence-electron chi connectivity index (χ3n) is 3.85. The highest BCUT2D eigenvalue weighted by atomic mass is 35.5. The van der Waals surface area contributed by atoms with Crippen LogP contribution in [-0.4, -0.2) is 21.9 Å². The van der Waals surface area contributed by atoms with Crippen molar-refractivity contribution in [1.29, 1.82) is 0 Å². The van der Waals surface area contributed by atoms with Gasteiger partial charge in [0.1, 0.15) is 5.75 Å². The molecule has 1 amide bonds. The Morgan fingerprint density at radius 2 is 2.07 bits per heavy atom. The number of amides is 1. The van der Waals surface area contributed by atoms with E-state index in [1.54, 1.807) is 6.07 Å². The maximum Gasteiger partial charge on any atom is 0.277 e. The van der Waals surface area contributed by atoms with Gasteiger partial charge in [-0.1, -0.05) is 47.6 Å². The minimum absolute atomic E-state index is 0.131. The summed E-state index contributed by atoms with van der Waals surface area (Å²) in [4.78, 5) is 12.2. The number of thioether (sulfide) groups is 1. The molecule has 0 aliphatic carbocycles. The molecule has 146 valence electrons. The van der Waals surface area contributed by atoms with Crippen molar-refractivity contribution in [3.05, 3.63) is 70.6 Å². The summed E-state index contributed by atoms with van der Waals surface area (Å²) in [5.74, 6) is 1.14. The summed E-state index contributed by atoms with van der Waals surface area (Å²) in [6, 6.07) is 15.0. The number of nitrogens with zero attached hydrogens (tertiary/aromatic N) is 2. The molecular weight excluding hydrogens is 398 g/mol. The maximum atomic E-state index is 12.2. The predicted octanol–water partition coefficient (Wildman–Crippen LogP) is 4.58. The van der Waals surface area contributed by atoms with Gasteiger partial charge >= 0.3 is 0 Å². The van der Waals surface area contributed by atoms with E-state index in [-0.39, 0.29) is 24.3 Å². The molecule has 1 heterocycles. The first kappa shape index (κ1) is 20.2. The average molecular weight is 418 g/mol. The molecule has 0 bridgehead atoms. The molecule has 0 saturated heterocycles. The van der Waals surface area contributed by atoms with Gasteiger partial charge in [-0.2, -0.15) is 0 Å². The average Bonchev–Trinajstić information content (AvgIpc) is 3.13. The number of carbonyl (C=O) groups excluding carboxylic acids is 1. The number of benzene rings is 2. The standard InChI is InChI=1S/C20H20ClN3O3S/c1-13-5-3-8-17(9-13)26-11-19-23-24-20(27-19)28-12-18(25)22-14(2)15-6-4-7-16(21)10-15/h3-10,14H,11-12H2,1-2H3,(H,22,25)/t14-/m0/s1. The Kier molecular flexibility index (Phi) is 6.95. The first-order chi connectivity index (χ1) is 13.5. The number of halogens is 1. The Labute approximate surface area is 172 Å². The highest BCUT2D eigenvalue weighted by Crippen LogP contribution is 2.20. The van der Waals surface area contributed by atoms with Gasteiger partial charge < -0.3 is 14.5 Å². The smallest absolute Gasteiger partial charge is 0.277 e. The van der Waals surface area contributed by atoms with Gasteiger partial charge in [0.2, 0.25) is 5.91 Å². The minimum Gasteiger partial charge on any atom is -0.484 e. The minimum atomic E-state index is -0.146. The highest BCUT2D eigenvalue weighted by molar-refractivity contribution is 7.99. The molecule has 0 spiro atoms. The van der Waals surface area contributed by atoms with Gasteiger partial charge in [-0.25, -0.2) is 0 Å². The van der Waals surface area contributed by atoms with E-state index in [4.69, 9.17) is 20.8 Å². The number of rotatable bonds is 8. The second-order valence-corrected chi connectivity index (χ2v) is 7.56. The zero-order valence-corrected chi connectivity index (χ0v) is 17.1. The predicted molar refractivity (Wildman–Crippen MR) is 109 cm³/mol. The number of nitrogens with one attached hydrogen (secondary N) is 1. The van der Waals surface area contributed by atoms with Gasteiger partial charge in [0.25, 0.3) is 11.1 Å². The lowest BCUT2D eigenvalue weighted by Gasteiger charge is -2.14. The number of aryl methyl sites for hydroxylation is 1. The Morgan fingerprint density at radius 3 is 2.86 bits per heavy atom. The van der Waals surface area contributed by atoms with E-state index in [2.05, 4.69) is 15.5 Å². The van der Waals surface area contributed by atoms with E-state index in [1.165, 1.54) is 11.8 Å². The Bertz CT molecular complexity index is 948. The summed E-state index contributed by atoms with van der Waals surface area (Å²) >= 11 is 7.17. The summed E-state index contributed by atoms with van der Waals surface area (Å²) < 4.78 is 11.1. The van der Waals surface area contributed by atoms with E-state index in [0.717, 1.165) is 16.9 Å². The molecule has 0 aliphatic rings. The normalized spacial score (nSPS) is 11.8. The largest absolute Gasteiger partial charge is 0.484 e. The molecule has 1 atom stereocenters. The molecular formula is C20H20ClN3O3S. The summed E-state index contributed by atoms with van der Waals surface area (Å²) in [6.45, 7) is 4.07. The van der Waals surface area contributed by atoms with E-state index >= 15 is 0 Å². The number of hydrogen-bond donors (Lipinski definition) is 1. The SMILES string of the molecule is Cc1cccc(OCc2nnc(SCC(=O)N[C@@H](C)c3cccc(Cl)c3)o2)c1. The van der Waals surface area contributed by atoms with Gasteiger partial charge in [-0.15, -0.1) is 10.2 Å². The fourth-order valence-corrected chi connectivity index (χ4v) is 3.27. The Balaban J connectivity index is 1.45. The molecule has 0 saturated carbocycles. The molecule has 28 heavy (non-hydrogen) atoms. The van der Waals surface area contributed by atoms with Crippen LogP contribution in [0.2, 0.25) is 5.02 Å². The van der Waals surface area contributed by atoms with E-state index < -0.39 is 0 Å². The van der Waals surface area contributed by atoms with Crippen LogP contribution in [0.25, 0.3) is 0 Å². The van der Waals surface area contributed by atoms with Crippen LogP contribution >= 0.6 is 23.4 Å². The lowest BCUT2D eigenvalue weighted by molar-refractivity contribution is -0.119. The van der Waals surface area contributed by atoms with Crippen molar-refractivity contribution >= 4 is 29.3 Å². The fourth-order valence-electron chi connectivity index (χ4n) is 2.47. The third-order valence-corrected chi connectivity index (χ3v) is 4.91.